The van der Waals surface area contributed by atoms with Crippen molar-refractivity contribution < 1.29 is 19.3 Å². The molecule has 0 heterocycles. The third-order valence-electron chi connectivity index (χ3n) is 7.74. The summed E-state index contributed by atoms with van der Waals surface area (Å²) in [5, 5.41) is 8.51. The SMILES string of the molecule is CCC1(CC)c2cc(/C(=N/OC(C)=O)c3ccccc3)ccc2-c2ccc(/C(=N/OC(C)=O)c3ccccc3)cc21. The number of rotatable bonds is 8. The van der Waals surface area contributed by atoms with Gasteiger partial charge in [-0.05, 0) is 47.2 Å². The molecular weight excluding hydrogens is 512 g/mol. The zero-order valence-corrected chi connectivity index (χ0v) is 23.7. The Balaban J connectivity index is 1.66. The number of hydrogen-bond acceptors (Lipinski definition) is 6. The van der Waals surface area contributed by atoms with Crippen LogP contribution in [0, 0.1) is 0 Å². The van der Waals surface area contributed by atoms with Gasteiger partial charge in [-0.3, -0.25) is 0 Å². The van der Waals surface area contributed by atoms with Gasteiger partial charge in [-0.15, -0.1) is 0 Å². The van der Waals surface area contributed by atoms with Crippen LogP contribution >= 0.6 is 0 Å². The number of nitrogens with zero attached hydrogens (tertiary/aromatic N) is 2. The highest BCUT2D eigenvalue weighted by Crippen LogP contribution is 2.53. The van der Waals surface area contributed by atoms with Crippen molar-refractivity contribution in [3.05, 3.63) is 130 Å². The van der Waals surface area contributed by atoms with E-state index in [0.717, 1.165) is 46.2 Å². The van der Waals surface area contributed by atoms with Crippen LogP contribution in [0.5, 0.6) is 0 Å². The zero-order chi connectivity index (χ0) is 29.0. The molecule has 0 aliphatic heterocycles. The molecule has 1 aliphatic rings. The summed E-state index contributed by atoms with van der Waals surface area (Å²) in [6, 6.07) is 32.2. The van der Waals surface area contributed by atoms with Crippen LogP contribution in [0.3, 0.4) is 0 Å². The molecule has 4 aromatic carbocycles. The van der Waals surface area contributed by atoms with Gasteiger partial charge in [0.1, 0.15) is 11.4 Å². The molecule has 6 nitrogen and oxygen atoms in total. The molecule has 0 saturated carbocycles. The number of benzene rings is 4. The molecule has 206 valence electrons. The van der Waals surface area contributed by atoms with E-state index in [9.17, 15) is 9.59 Å². The Morgan fingerprint density at radius 3 is 1.32 bits per heavy atom. The van der Waals surface area contributed by atoms with Crippen LogP contribution in [0.4, 0.5) is 0 Å². The standard InChI is InChI=1S/C35H32N2O4/c1-5-35(6-2)31-21-27(33(36-40-23(3)38)25-13-9-7-10-14-25)17-19-29(31)30-20-18-28(22-32(30)35)34(37-41-24(4)39)26-15-11-8-12-16-26/h7-22H,5-6H2,1-4H3/b36-33+,37-34+. The summed E-state index contributed by atoms with van der Waals surface area (Å²) >= 11 is 0. The van der Waals surface area contributed by atoms with Crippen LogP contribution in [-0.4, -0.2) is 23.4 Å². The molecule has 0 fully saturated rings. The second kappa shape index (κ2) is 11.7. The van der Waals surface area contributed by atoms with Gasteiger partial charge in [0.05, 0.1) is 0 Å². The number of oxime groups is 2. The van der Waals surface area contributed by atoms with Crippen molar-refractivity contribution in [2.75, 3.05) is 0 Å². The Morgan fingerprint density at radius 1 is 0.585 bits per heavy atom. The fourth-order valence-corrected chi connectivity index (χ4v) is 5.76. The number of carbonyl (C=O) groups excluding carboxylic acids is 2. The lowest BCUT2D eigenvalue weighted by Gasteiger charge is -2.30. The summed E-state index contributed by atoms with van der Waals surface area (Å²) in [6.07, 6.45) is 1.75. The van der Waals surface area contributed by atoms with Crippen LogP contribution < -0.4 is 0 Å². The third kappa shape index (κ3) is 5.33. The lowest BCUT2D eigenvalue weighted by atomic mass is 9.73. The Hall–Kier alpha value is -4.84. The first kappa shape index (κ1) is 27.7. The highest BCUT2D eigenvalue weighted by Gasteiger charge is 2.41. The van der Waals surface area contributed by atoms with Gasteiger partial charge < -0.3 is 9.68 Å². The van der Waals surface area contributed by atoms with E-state index in [4.69, 9.17) is 9.68 Å². The highest BCUT2D eigenvalue weighted by molar-refractivity contribution is 6.14. The van der Waals surface area contributed by atoms with Crippen molar-refractivity contribution in [3.8, 4) is 11.1 Å². The van der Waals surface area contributed by atoms with Crippen molar-refractivity contribution in [1.29, 1.82) is 0 Å². The van der Waals surface area contributed by atoms with E-state index < -0.39 is 11.9 Å². The second-order valence-corrected chi connectivity index (χ2v) is 10.1. The smallest absolute Gasteiger partial charge is 0.318 e. The maximum absolute atomic E-state index is 11.6. The molecule has 0 unspecified atom stereocenters. The first-order valence-corrected chi connectivity index (χ1v) is 13.8. The van der Waals surface area contributed by atoms with Gasteiger partial charge in [0.15, 0.2) is 0 Å². The van der Waals surface area contributed by atoms with Crippen LogP contribution in [0.1, 0.15) is 73.9 Å². The fourth-order valence-electron chi connectivity index (χ4n) is 5.76. The molecule has 0 bridgehead atoms. The van der Waals surface area contributed by atoms with Crippen molar-refractivity contribution in [2.45, 2.75) is 46.0 Å². The van der Waals surface area contributed by atoms with Crippen LogP contribution in [-0.2, 0) is 24.7 Å². The molecule has 0 aromatic heterocycles. The molecule has 5 rings (SSSR count). The molecule has 6 heteroatoms. The Kier molecular flexibility index (Phi) is 7.92. The van der Waals surface area contributed by atoms with Gasteiger partial charge in [0.25, 0.3) is 0 Å². The Bertz CT molecular complexity index is 1530. The molecule has 0 spiro atoms. The summed E-state index contributed by atoms with van der Waals surface area (Å²) in [4.78, 5) is 33.5. The number of carbonyl (C=O) groups is 2. The number of fused-ring (bicyclic) bond motifs is 3. The van der Waals surface area contributed by atoms with E-state index in [1.165, 1.54) is 25.0 Å². The predicted octanol–water partition coefficient (Wildman–Crippen LogP) is 7.40. The Morgan fingerprint density at radius 2 is 0.976 bits per heavy atom. The van der Waals surface area contributed by atoms with E-state index in [-0.39, 0.29) is 5.41 Å². The van der Waals surface area contributed by atoms with Crippen molar-refractivity contribution in [1.82, 2.24) is 0 Å². The maximum Gasteiger partial charge on any atom is 0.332 e. The molecule has 0 N–H and O–H groups in total. The van der Waals surface area contributed by atoms with E-state index >= 15 is 0 Å². The highest BCUT2D eigenvalue weighted by atomic mass is 16.7. The first-order valence-electron chi connectivity index (χ1n) is 13.8. The summed E-state index contributed by atoms with van der Waals surface area (Å²) in [6.45, 7) is 7.10. The molecule has 0 radical (unpaired) electrons. The third-order valence-corrected chi connectivity index (χ3v) is 7.74. The fraction of sp³-hybridized carbons (Fsp3) is 0.200. The largest absolute Gasteiger partial charge is 0.332 e. The van der Waals surface area contributed by atoms with Crippen molar-refractivity contribution in [3.63, 3.8) is 0 Å². The van der Waals surface area contributed by atoms with Crippen molar-refractivity contribution in [2.24, 2.45) is 10.3 Å². The molecule has 41 heavy (non-hydrogen) atoms. The van der Waals surface area contributed by atoms with Gasteiger partial charge in [-0.2, -0.15) is 0 Å². The van der Waals surface area contributed by atoms with Gasteiger partial charge in [-0.1, -0.05) is 109 Å². The maximum atomic E-state index is 11.6. The molecule has 4 aromatic rings. The summed E-state index contributed by atoms with van der Waals surface area (Å²) in [5.41, 5.74) is 9.14. The Labute approximate surface area is 240 Å². The minimum atomic E-state index is -0.472. The van der Waals surface area contributed by atoms with Crippen LogP contribution in [0.15, 0.2) is 107 Å². The number of hydrogen-bond donors (Lipinski definition) is 0. The summed E-state index contributed by atoms with van der Waals surface area (Å²) in [5.74, 6) is -0.943. The second-order valence-electron chi connectivity index (χ2n) is 10.1. The van der Waals surface area contributed by atoms with Gasteiger partial charge in [0, 0.05) is 41.5 Å². The minimum absolute atomic E-state index is 0.261. The van der Waals surface area contributed by atoms with E-state index in [1.54, 1.807) is 0 Å². The van der Waals surface area contributed by atoms with Gasteiger partial charge in [0.2, 0.25) is 0 Å². The average Bonchev–Trinajstić information content (AvgIpc) is 3.27. The first-order chi connectivity index (χ1) is 19.9. The van der Waals surface area contributed by atoms with Crippen molar-refractivity contribution >= 4 is 23.4 Å². The van der Waals surface area contributed by atoms with Gasteiger partial charge >= 0.3 is 11.9 Å². The molecule has 0 atom stereocenters. The minimum Gasteiger partial charge on any atom is -0.318 e. The normalized spacial score (nSPS) is 13.8. The molecular formula is C35H32N2O4. The quantitative estimate of drug-likeness (QED) is 0.132. The topological polar surface area (TPSA) is 77.3 Å². The zero-order valence-electron chi connectivity index (χ0n) is 23.7. The van der Waals surface area contributed by atoms with Crippen LogP contribution in [0.2, 0.25) is 0 Å². The summed E-state index contributed by atoms with van der Waals surface area (Å²) < 4.78 is 0. The van der Waals surface area contributed by atoms with E-state index in [0.29, 0.717) is 11.4 Å². The molecule has 0 amide bonds. The average molecular weight is 545 g/mol. The molecule has 1 aliphatic carbocycles. The predicted molar refractivity (Wildman–Crippen MR) is 161 cm³/mol. The van der Waals surface area contributed by atoms with Crippen LogP contribution in [0.25, 0.3) is 11.1 Å². The lowest BCUT2D eigenvalue weighted by Crippen LogP contribution is -2.24. The summed E-state index contributed by atoms with van der Waals surface area (Å²) in [7, 11) is 0. The monoisotopic (exact) mass is 544 g/mol. The lowest BCUT2D eigenvalue weighted by molar-refractivity contribution is -0.141. The van der Waals surface area contributed by atoms with E-state index in [2.05, 4.69) is 48.4 Å². The van der Waals surface area contributed by atoms with Gasteiger partial charge in [-0.25, -0.2) is 9.59 Å². The van der Waals surface area contributed by atoms with E-state index in [1.807, 2.05) is 72.8 Å². The molecule has 0 saturated heterocycles.